The fourth-order valence-corrected chi connectivity index (χ4v) is 4.82. The summed E-state index contributed by atoms with van der Waals surface area (Å²) in [6.07, 6.45) is 1.59. The Bertz CT molecular complexity index is 1390. The van der Waals surface area contributed by atoms with Crippen LogP contribution in [0.1, 0.15) is 16.1 Å². The molecule has 0 aliphatic carbocycles. The third-order valence-corrected chi connectivity index (χ3v) is 6.60. The molecule has 3 aromatic carbocycles. The second-order valence-corrected chi connectivity index (χ2v) is 8.31. The van der Waals surface area contributed by atoms with Gasteiger partial charge < -0.3 is 9.15 Å². The molecule has 5 nitrogen and oxygen atoms in total. The Morgan fingerprint density at radius 1 is 1.10 bits per heavy atom. The van der Waals surface area contributed by atoms with Gasteiger partial charge in [-0.2, -0.15) is 0 Å². The van der Waals surface area contributed by atoms with E-state index < -0.39 is 0 Å². The molecule has 7 heteroatoms. The number of amides is 1. The van der Waals surface area contributed by atoms with Crippen LogP contribution in [-0.2, 0) is 6.54 Å². The minimum absolute atomic E-state index is 0.164. The number of furan rings is 1. The number of ether oxygens (including phenoxy) is 1. The van der Waals surface area contributed by atoms with Gasteiger partial charge in [-0.25, -0.2) is 4.98 Å². The van der Waals surface area contributed by atoms with Crippen molar-refractivity contribution >= 4 is 55.0 Å². The highest BCUT2D eigenvalue weighted by atomic mass is 35.5. The molecule has 0 spiro atoms. The maximum Gasteiger partial charge on any atom is 0.261 e. The molecule has 0 radical (unpaired) electrons. The molecule has 5 rings (SSSR count). The van der Waals surface area contributed by atoms with Gasteiger partial charge in [0.2, 0.25) is 0 Å². The molecular weight excluding hydrogens is 432 g/mol. The molecule has 0 atom stereocenters. The number of rotatable bonds is 5. The number of hydrogen-bond acceptors (Lipinski definition) is 5. The van der Waals surface area contributed by atoms with Crippen molar-refractivity contribution < 1.29 is 13.9 Å². The first-order valence-corrected chi connectivity index (χ1v) is 10.8. The Hall–Kier alpha value is -3.35. The molecule has 31 heavy (non-hydrogen) atoms. The predicted octanol–water partition coefficient (Wildman–Crippen LogP) is 6.55. The molecule has 0 aliphatic rings. The summed E-state index contributed by atoms with van der Waals surface area (Å²) in [4.78, 5) is 20.1. The van der Waals surface area contributed by atoms with E-state index in [1.807, 2.05) is 48.5 Å². The molecule has 0 fully saturated rings. The number of nitrogens with zero attached hydrogens (tertiary/aromatic N) is 2. The highest BCUT2D eigenvalue weighted by molar-refractivity contribution is 7.23. The number of anilines is 1. The third-order valence-electron chi connectivity index (χ3n) is 5.06. The lowest BCUT2D eigenvalue weighted by Gasteiger charge is -2.19. The van der Waals surface area contributed by atoms with Gasteiger partial charge in [-0.05, 0) is 41.1 Å². The van der Waals surface area contributed by atoms with E-state index in [0.717, 1.165) is 15.5 Å². The van der Waals surface area contributed by atoms with E-state index in [-0.39, 0.29) is 12.5 Å². The summed E-state index contributed by atoms with van der Waals surface area (Å²) in [5, 5.41) is 2.97. The SMILES string of the molecule is COc1ccc(Cl)c2sc(N(Cc3ccco3)C(=O)c3cccc4ccccc34)nc12. The van der Waals surface area contributed by atoms with Crippen molar-refractivity contribution in [2.45, 2.75) is 6.54 Å². The van der Waals surface area contributed by atoms with Gasteiger partial charge in [0, 0.05) is 5.56 Å². The minimum Gasteiger partial charge on any atom is -0.494 e. The number of hydrogen-bond donors (Lipinski definition) is 0. The second kappa shape index (κ2) is 8.06. The molecule has 0 N–H and O–H groups in total. The lowest BCUT2D eigenvalue weighted by Crippen LogP contribution is -2.30. The van der Waals surface area contributed by atoms with Crippen molar-refractivity contribution in [1.82, 2.24) is 4.98 Å². The van der Waals surface area contributed by atoms with E-state index >= 15 is 0 Å². The number of methoxy groups -OCH3 is 1. The molecule has 154 valence electrons. The van der Waals surface area contributed by atoms with Crippen LogP contribution < -0.4 is 9.64 Å². The maximum atomic E-state index is 13.8. The Labute approximate surface area is 187 Å². The molecule has 1 amide bonds. The smallest absolute Gasteiger partial charge is 0.261 e. The zero-order chi connectivity index (χ0) is 21.4. The van der Waals surface area contributed by atoms with E-state index in [4.69, 9.17) is 25.7 Å². The topological polar surface area (TPSA) is 55.6 Å². The average Bonchev–Trinajstić information content (AvgIpc) is 3.47. The standard InChI is InChI=1S/C24H17ClN2O3S/c1-29-20-12-11-19(25)22-21(20)26-24(31-22)27(14-16-8-5-13-30-16)23(28)18-10-4-7-15-6-2-3-9-17(15)18/h2-13H,14H2,1H3. The number of benzene rings is 3. The van der Waals surface area contributed by atoms with E-state index in [1.54, 1.807) is 36.5 Å². The van der Waals surface area contributed by atoms with Crippen LogP contribution in [0.2, 0.25) is 5.02 Å². The van der Waals surface area contributed by atoms with Crippen LogP contribution in [0.25, 0.3) is 21.0 Å². The molecular formula is C24H17ClN2O3S. The number of carbonyl (C=O) groups excluding carboxylic acids is 1. The van der Waals surface area contributed by atoms with Crippen molar-refractivity contribution in [3.05, 3.63) is 89.3 Å². The summed E-state index contributed by atoms with van der Waals surface area (Å²) < 4.78 is 11.8. The van der Waals surface area contributed by atoms with E-state index in [1.165, 1.54) is 11.3 Å². The Kier molecular flexibility index (Phi) is 5.10. The van der Waals surface area contributed by atoms with Crippen molar-refractivity contribution in [3.8, 4) is 5.75 Å². The predicted molar refractivity (Wildman–Crippen MR) is 124 cm³/mol. The monoisotopic (exact) mass is 448 g/mol. The maximum absolute atomic E-state index is 13.8. The van der Waals surface area contributed by atoms with Crippen LogP contribution in [0.15, 0.2) is 77.4 Å². The first kappa shape index (κ1) is 19.6. The molecule has 0 bridgehead atoms. The zero-order valence-corrected chi connectivity index (χ0v) is 18.1. The molecule has 5 aromatic rings. The molecule has 2 aromatic heterocycles. The molecule has 0 saturated carbocycles. The number of halogens is 1. The highest BCUT2D eigenvalue weighted by Crippen LogP contribution is 2.39. The van der Waals surface area contributed by atoms with E-state index in [9.17, 15) is 4.79 Å². The summed E-state index contributed by atoms with van der Waals surface area (Å²) in [6.45, 7) is 0.245. The molecule has 0 aliphatic heterocycles. The van der Waals surface area contributed by atoms with Gasteiger partial charge in [-0.3, -0.25) is 9.69 Å². The van der Waals surface area contributed by atoms with Crippen molar-refractivity contribution in [1.29, 1.82) is 0 Å². The highest BCUT2D eigenvalue weighted by Gasteiger charge is 2.25. The first-order chi connectivity index (χ1) is 15.2. The van der Waals surface area contributed by atoms with E-state index in [2.05, 4.69) is 0 Å². The number of fused-ring (bicyclic) bond motifs is 2. The van der Waals surface area contributed by atoms with Gasteiger partial charge in [-0.1, -0.05) is 59.3 Å². The molecule has 2 heterocycles. The minimum atomic E-state index is -0.164. The number of aromatic nitrogens is 1. The number of thiazole rings is 1. The van der Waals surface area contributed by atoms with Gasteiger partial charge in [0.05, 0.1) is 29.6 Å². The van der Waals surface area contributed by atoms with Crippen LogP contribution in [0, 0.1) is 0 Å². The van der Waals surface area contributed by atoms with E-state index in [0.29, 0.717) is 32.7 Å². The summed E-state index contributed by atoms with van der Waals surface area (Å²) in [5.74, 6) is 1.10. The van der Waals surface area contributed by atoms with Crippen molar-refractivity contribution in [2.24, 2.45) is 0 Å². The van der Waals surface area contributed by atoms with Crippen LogP contribution in [-0.4, -0.2) is 18.0 Å². The third kappa shape index (κ3) is 3.54. The number of carbonyl (C=O) groups is 1. The lowest BCUT2D eigenvalue weighted by molar-refractivity contribution is 0.0985. The van der Waals surface area contributed by atoms with Crippen LogP contribution in [0.5, 0.6) is 5.75 Å². The van der Waals surface area contributed by atoms with Crippen molar-refractivity contribution in [2.75, 3.05) is 12.0 Å². The summed E-state index contributed by atoms with van der Waals surface area (Å²) in [7, 11) is 1.59. The average molecular weight is 449 g/mol. The summed E-state index contributed by atoms with van der Waals surface area (Å²) >= 11 is 7.77. The molecule has 0 unspecified atom stereocenters. The summed E-state index contributed by atoms with van der Waals surface area (Å²) in [6, 6.07) is 20.7. The second-order valence-electron chi connectivity index (χ2n) is 6.92. The van der Waals surface area contributed by atoms with Crippen molar-refractivity contribution in [3.63, 3.8) is 0 Å². The van der Waals surface area contributed by atoms with Gasteiger partial charge in [0.15, 0.2) is 5.13 Å². The fraction of sp³-hybridized carbons (Fsp3) is 0.0833. The summed E-state index contributed by atoms with van der Waals surface area (Å²) in [5.41, 5.74) is 1.23. The first-order valence-electron chi connectivity index (χ1n) is 9.61. The Balaban J connectivity index is 1.66. The van der Waals surface area contributed by atoms with Crippen LogP contribution in [0.4, 0.5) is 5.13 Å². The Morgan fingerprint density at radius 3 is 2.74 bits per heavy atom. The van der Waals surface area contributed by atoms with Crippen LogP contribution in [0.3, 0.4) is 0 Å². The zero-order valence-electron chi connectivity index (χ0n) is 16.5. The van der Waals surface area contributed by atoms with Gasteiger partial charge in [0.1, 0.15) is 17.0 Å². The van der Waals surface area contributed by atoms with Gasteiger partial charge >= 0.3 is 0 Å². The lowest BCUT2D eigenvalue weighted by atomic mass is 10.0. The van der Waals surface area contributed by atoms with Gasteiger partial charge in [0.25, 0.3) is 5.91 Å². The van der Waals surface area contributed by atoms with Crippen LogP contribution >= 0.6 is 22.9 Å². The molecule has 0 saturated heterocycles. The largest absolute Gasteiger partial charge is 0.494 e. The normalized spacial score (nSPS) is 11.2. The fourth-order valence-electron chi connectivity index (χ4n) is 3.56. The Morgan fingerprint density at radius 2 is 1.94 bits per heavy atom. The quantitative estimate of drug-likeness (QED) is 0.306. The van der Waals surface area contributed by atoms with Gasteiger partial charge in [-0.15, -0.1) is 0 Å².